The molecule has 5 rings (SSSR count). The number of carbonyl (C=O) groups is 1. The van der Waals surface area contributed by atoms with Gasteiger partial charge in [0.05, 0.1) is 19.8 Å². The molecule has 0 radical (unpaired) electrons. The van der Waals surface area contributed by atoms with E-state index in [4.69, 9.17) is 14.2 Å². The summed E-state index contributed by atoms with van der Waals surface area (Å²) >= 11 is 0. The molecule has 2 aromatic carbocycles. The minimum absolute atomic E-state index is 0.0131. The third-order valence-electron chi connectivity index (χ3n) is 6.00. The van der Waals surface area contributed by atoms with Crippen LogP contribution in [0.4, 0.5) is 5.69 Å². The van der Waals surface area contributed by atoms with Crippen molar-refractivity contribution in [3.05, 3.63) is 53.6 Å². The van der Waals surface area contributed by atoms with E-state index in [1.54, 1.807) is 0 Å². The van der Waals surface area contributed by atoms with Crippen LogP contribution in [0.3, 0.4) is 0 Å². The van der Waals surface area contributed by atoms with Gasteiger partial charge in [0.15, 0.2) is 0 Å². The number of rotatable bonds is 3. The topological polar surface area (TPSA) is 56.8 Å². The third-order valence-corrected chi connectivity index (χ3v) is 6.00. The quantitative estimate of drug-likeness (QED) is 0.879. The molecule has 1 amide bonds. The van der Waals surface area contributed by atoms with Crippen LogP contribution < -0.4 is 14.8 Å². The van der Waals surface area contributed by atoms with Crippen molar-refractivity contribution in [3.8, 4) is 11.5 Å². The molecule has 5 nitrogen and oxygen atoms in total. The van der Waals surface area contributed by atoms with E-state index in [1.807, 2.05) is 56.3 Å². The van der Waals surface area contributed by atoms with E-state index in [2.05, 4.69) is 12.2 Å². The maximum atomic E-state index is 13.2. The Morgan fingerprint density at radius 3 is 2.61 bits per heavy atom. The molecule has 0 unspecified atom stereocenters. The Labute approximate surface area is 165 Å². The van der Waals surface area contributed by atoms with Crippen LogP contribution in [0, 0.1) is 5.41 Å². The lowest BCUT2D eigenvalue weighted by Crippen LogP contribution is -2.48. The molecule has 1 N–H and O–H groups in total. The van der Waals surface area contributed by atoms with Crippen LogP contribution in [0.1, 0.15) is 38.3 Å². The maximum Gasteiger partial charge on any atom is 0.239 e. The molecule has 0 aromatic heterocycles. The van der Waals surface area contributed by atoms with Gasteiger partial charge >= 0.3 is 0 Å². The van der Waals surface area contributed by atoms with Crippen molar-refractivity contribution in [3.63, 3.8) is 0 Å². The fraction of sp³-hybridized carbons (Fsp3) is 0.435. The lowest BCUT2D eigenvalue weighted by Gasteiger charge is -2.43. The number of hydrogen-bond acceptors (Lipinski definition) is 4. The molecule has 0 saturated carbocycles. The Kier molecular flexibility index (Phi) is 3.60. The number of anilines is 1. The molecule has 1 saturated heterocycles. The number of nitrogens with one attached hydrogen (secondary N) is 1. The van der Waals surface area contributed by atoms with Gasteiger partial charge in [0.25, 0.3) is 0 Å². The van der Waals surface area contributed by atoms with Gasteiger partial charge in [0, 0.05) is 29.2 Å². The first-order valence-electron chi connectivity index (χ1n) is 9.77. The first-order valence-corrected chi connectivity index (χ1v) is 9.77. The summed E-state index contributed by atoms with van der Waals surface area (Å²) in [5.41, 5.74) is 1.66. The summed E-state index contributed by atoms with van der Waals surface area (Å²) in [7, 11) is 0. The van der Waals surface area contributed by atoms with Gasteiger partial charge in [0.1, 0.15) is 22.5 Å². The van der Waals surface area contributed by atoms with Crippen molar-refractivity contribution in [2.24, 2.45) is 5.41 Å². The molecule has 3 aliphatic rings. The van der Waals surface area contributed by atoms with Gasteiger partial charge in [-0.25, -0.2) is 0 Å². The number of benzene rings is 2. The molecule has 5 heteroatoms. The van der Waals surface area contributed by atoms with Crippen LogP contribution in [0.25, 0.3) is 0 Å². The smallest absolute Gasteiger partial charge is 0.239 e. The molecule has 3 aliphatic heterocycles. The number of para-hydroxylation sites is 1. The number of fused-ring (bicyclic) bond motifs is 4. The van der Waals surface area contributed by atoms with Gasteiger partial charge in [-0.1, -0.05) is 31.2 Å². The molecule has 1 spiro atoms. The van der Waals surface area contributed by atoms with Crippen LogP contribution in [0.5, 0.6) is 11.5 Å². The van der Waals surface area contributed by atoms with Crippen molar-refractivity contribution >= 4 is 11.6 Å². The highest BCUT2D eigenvalue weighted by Crippen LogP contribution is 2.54. The van der Waals surface area contributed by atoms with E-state index in [-0.39, 0.29) is 11.3 Å². The van der Waals surface area contributed by atoms with E-state index in [9.17, 15) is 4.79 Å². The van der Waals surface area contributed by atoms with Crippen molar-refractivity contribution in [1.29, 1.82) is 0 Å². The van der Waals surface area contributed by atoms with Gasteiger partial charge in [-0.15, -0.1) is 0 Å². The molecule has 1 atom stereocenters. The van der Waals surface area contributed by atoms with Crippen molar-refractivity contribution in [1.82, 2.24) is 0 Å². The fourth-order valence-corrected chi connectivity index (χ4v) is 4.65. The molecule has 0 aliphatic carbocycles. The van der Waals surface area contributed by atoms with Crippen LogP contribution in [0.15, 0.2) is 42.5 Å². The van der Waals surface area contributed by atoms with E-state index < -0.39 is 11.0 Å². The van der Waals surface area contributed by atoms with E-state index in [1.165, 1.54) is 0 Å². The van der Waals surface area contributed by atoms with Crippen LogP contribution in [-0.2, 0) is 14.9 Å². The molecule has 146 valence electrons. The summed E-state index contributed by atoms with van der Waals surface area (Å²) in [6.07, 6.45) is 0.589. The van der Waals surface area contributed by atoms with Gasteiger partial charge in [-0.3, -0.25) is 4.79 Å². The highest BCUT2D eigenvalue weighted by atomic mass is 16.5. The molecule has 2 aromatic rings. The first-order chi connectivity index (χ1) is 13.3. The Morgan fingerprint density at radius 1 is 1.07 bits per heavy atom. The molecular weight excluding hydrogens is 354 g/mol. The van der Waals surface area contributed by atoms with Gasteiger partial charge in [-0.05, 0) is 31.5 Å². The van der Waals surface area contributed by atoms with E-state index >= 15 is 0 Å². The van der Waals surface area contributed by atoms with Crippen molar-refractivity contribution < 1.29 is 19.0 Å². The van der Waals surface area contributed by atoms with Crippen LogP contribution >= 0.6 is 0 Å². The highest BCUT2D eigenvalue weighted by Gasteiger charge is 2.55. The number of amides is 1. The Hall–Kier alpha value is -2.53. The second-order valence-electron chi connectivity index (χ2n) is 9.19. The van der Waals surface area contributed by atoms with Crippen molar-refractivity contribution in [2.75, 3.05) is 25.1 Å². The van der Waals surface area contributed by atoms with Gasteiger partial charge < -0.3 is 19.5 Å². The predicted molar refractivity (Wildman–Crippen MR) is 106 cm³/mol. The molecule has 3 heterocycles. The fourth-order valence-electron chi connectivity index (χ4n) is 4.65. The van der Waals surface area contributed by atoms with Gasteiger partial charge in [0.2, 0.25) is 5.91 Å². The number of hydrogen-bond donors (Lipinski definition) is 1. The molecule has 0 bridgehead atoms. The zero-order chi connectivity index (χ0) is 19.6. The summed E-state index contributed by atoms with van der Waals surface area (Å²) in [6, 6.07) is 13.8. The molecule has 28 heavy (non-hydrogen) atoms. The number of ether oxygens (including phenoxy) is 3. The molecular formula is C23H25NO4. The SMILES string of the molecule is CC1(COc2ccc3c(c2)OC(C)(C)C[C@]32C(=O)Nc3ccccc32)COC1. The summed E-state index contributed by atoms with van der Waals surface area (Å²) in [6.45, 7) is 8.27. The van der Waals surface area contributed by atoms with Crippen LogP contribution in [0.2, 0.25) is 0 Å². The van der Waals surface area contributed by atoms with Gasteiger partial charge in [-0.2, -0.15) is 0 Å². The van der Waals surface area contributed by atoms with E-state index in [0.29, 0.717) is 13.0 Å². The Morgan fingerprint density at radius 2 is 1.86 bits per heavy atom. The maximum absolute atomic E-state index is 13.2. The second kappa shape index (κ2) is 5.74. The standard InChI is InChI=1S/C23H25NO4/c1-21(2)11-23(16-6-4-5-7-18(16)24-20(23)25)17-9-8-15(10-19(17)28-21)27-14-22(3)12-26-13-22/h4-10H,11-14H2,1-3H3,(H,24,25)/t23-/m1/s1. The summed E-state index contributed by atoms with van der Waals surface area (Å²) in [5, 5.41) is 3.07. The summed E-state index contributed by atoms with van der Waals surface area (Å²) < 4.78 is 17.6. The average Bonchev–Trinajstić information content (AvgIpc) is 2.89. The van der Waals surface area contributed by atoms with Crippen LogP contribution in [-0.4, -0.2) is 31.3 Å². The predicted octanol–water partition coefficient (Wildman–Crippen LogP) is 3.90. The van der Waals surface area contributed by atoms with E-state index in [0.717, 1.165) is 41.5 Å². The first kappa shape index (κ1) is 17.6. The van der Waals surface area contributed by atoms with Crippen molar-refractivity contribution in [2.45, 2.75) is 38.2 Å². The zero-order valence-corrected chi connectivity index (χ0v) is 16.5. The second-order valence-corrected chi connectivity index (χ2v) is 9.19. The largest absolute Gasteiger partial charge is 0.493 e. The average molecular weight is 379 g/mol. The zero-order valence-electron chi connectivity index (χ0n) is 16.5. The summed E-state index contributed by atoms with van der Waals surface area (Å²) in [5.74, 6) is 1.49. The Bertz CT molecular complexity index is 963. The minimum Gasteiger partial charge on any atom is -0.493 e. The third kappa shape index (κ3) is 2.53. The minimum atomic E-state index is -0.736. The summed E-state index contributed by atoms with van der Waals surface area (Å²) in [4.78, 5) is 13.2. The lowest BCUT2D eigenvalue weighted by molar-refractivity contribution is -0.122. The monoisotopic (exact) mass is 379 g/mol. The normalized spacial score (nSPS) is 25.9. The molecule has 1 fully saturated rings. The lowest BCUT2D eigenvalue weighted by atomic mass is 9.67. The Balaban J connectivity index is 1.57. The number of carbonyl (C=O) groups excluding carboxylic acids is 1. The highest BCUT2D eigenvalue weighted by molar-refractivity contribution is 6.09.